The lowest BCUT2D eigenvalue weighted by Gasteiger charge is -2.40. The number of nitrogens with one attached hydrogen (secondary N) is 1. The number of rotatable bonds is 4. The molecule has 24 heavy (non-hydrogen) atoms. The van der Waals surface area contributed by atoms with E-state index in [9.17, 15) is 9.59 Å². The summed E-state index contributed by atoms with van der Waals surface area (Å²) in [5.74, 6) is 0.679. The number of hydrogen-bond donors (Lipinski definition) is 1. The van der Waals surface area contributed by atoms with Gasteiger partial charge in [0.15, 0.2) is 0 Å². The Kier molecular flexibility index (Phi) is 5.51. The quantitative estimate of drug-likeness (QED) is 0.916. The second-order valence-electron chi connectivity index (χ2n) is 6.80. The van der Waals surface area contributed by atoms with Gasteiger partial charge < -0.3 is 10.2 Å². The molecule has 5 nitrogen and oxygen atoms in total. The highest BCUT2D eigenvalue weighted by Crippen LogP contribution is 2.31. The maximum atomic E-state index is 12.6. The van der Waals surface area contributed by atoms with Gasteiger partial charge >= 0.3 is 0 Å². The zero-order valence-corrected chi connectivity index (χ0v) is 14.4. The molecule has 3 rings (SSSR count). The molecule has 2 amide bonds. The second kappa shape index (κ2) is 7.79. The summed E-state index contributed by atoms with van der Waals surface area (Å²) in [5.41, 5.74) is 0.740. The van der Waals surface area contributed by atoms with Crippen molar-refractivity contribution in [3.8, 4) is 0 Å². The molecule has 5 heteroatoms. The normalized spacial score (nSPS) is 20.8. The molecular weight excluding hydrogens is 302 g/mol. The van der Waals surface area contributed by atoms with E-state index in [1.54, 1.807) is 7.05 Å². The van der Waals surface area contributed by atoms with E-state index < -0.39 is 0 Å². The highest BCUT2D eigenvalue weighted by atomic mass is 16.2. The number of piperazine rings is 1. The van der Waals surface area contributed by atoms with Crippen molar-refractivity contribution in [2.24, 2.45) is 5.92 Å². The number of benzene rings is 1. The number of hydrogen-bond acceptors (Lipinski definition) is 3. The van der Waals surface area contributed by atoms with Gasteiger partial charge in [-0.05, 0) is 30.9 Å². The van der Waals surface area contributed by atoms with Gasteiger partial charge in [-0.2, -0.15) is 0 Å². The van der Waals surface area contributed by atoms with Gasteiger partial charge in [0.05, 0.1) is 6.04 Å². The van der Waals surface area contributed by atoms with Crippen LogP contribution in [0.2, 0.25) is 0 Å². The molecule has 0 radical (unpaired) electrons. The van der Waals surface area contributed by atoms with E-state index in [1.165, 1.54) is 12.8 Å². The first-order valence-corrected chi connectivity index (χ1v) is 9.00. The van der Waals surface area contributed by atoms with E-state index in [2.05, 4.69) is 10.2 Å². The third-order valence-corrected chi connectivity index (χ3v) is 5.38. The van der Waals surface area contributed by atoms with E-state index in [0.717, 1.165) is 31.5 Å². The van der Waals surface area contributed by atoms with Gasteiger partial charge in [0.2, 0.25) is 5.91 Å². The SMILES string of the molecule is CNC(=O)[C@@H](C1CCCC1)N1CCN(C(=O)c2ccccc2)CC1. The summed E-state index contributed by atoms with van der Waals surface area (Å²) >= 11 is 0. The van der Waals surface area contributed by atoms with Crippen molar-refractivity contribution in [1.29, 1.82) is 0 Å². The Hall–Kier alpha value is -1.88. The molecule has 1 N–H and O–H groups in total. The Balaban J connectivity index is 1.62. The summed E-state index contributed by atoms with van der Waals surface area (Å²) in [7, 11) is 1.72. The molecular formula is C19H27N3O2. The van der Waals surface area contributed by atoms with Crippen LogP contribution in [-0.4, -0.2) is 60.9 Å². The zero-order valence-electron chi connectivity index (χ0n) is 14.4. The first kappa shape index (κ1) is 17.0. The molecule has 2 aliphatic rings. The van der Waals surface area contributed by atoms with Crippen LogP contribution in [0.15, 0.2) is 30.3 Å². The third-order valence-electron chi connectivity index (χ3n) is 5.38. The van der Waals surface area contributed by atoms with Crippen molar-refractivity contribution in [1.82, 2.24) is 15.1 Å². The molecule has 0 unspecified atom stereocenters. The van der Waals surface area contributed by atoms with Gasteiger partial charge in [0.1, 0.15) is 0 Å². The summed E-state index contributed by atoms with van der Waals surface area (Å²) in [4.78, 5) is 29.1. The van der Waals surface area contributed by atoms with Crippen LogP contribution >= 0.6 is 0 Å². The number of carbonyl (C=O) groups is 2. The average molecular weight is 329 g/mol. The molecule has 0 aromatic heterocycles. The smallest absolute Gasteiger partial charge is 0.253 e. The van der Waals surface area contributed by atoms with Gasteiger partial charge in [-0.3, -0.25) is 14.5 Å². The lowest BCUT2D eigenvalue weighted by Crippen LogP contribution is -2.57. The van der Waals surface area contributed by atoms with Crippen molar-refractivity contribution in [3.05, 3.63) is 35.9 Å². The topological polar surface area (TPSA) is 52.7 Å². The largest absolute Gasteiger partial charge is 0.358 e. The molecule has 1 saturated carbocycles. The Morgan fingerprint density at radius 1 is 1.04 bits per heavy atom. The fourth-order valence-corrected chi connectivity index (χ4v) is 4.07. The number of carbonyl (C=O) groups excluding carboxylic acids is 2. The molecule has 1 aliphatic carbocycles. The zero-order chi connectivity index (χ0) is 16.9. The predicted molar refractivity (Wildman–Crippen MR) is 93.7 cm³/mol. The molecule has 130 valence electrons. The van der Waals surface area contributed by atoms with E-state index in [0.29, 0.717) is 19.0 Å². The Labute approximate surface area is 144 Å². The Morgan fingerprint density at radius 3 is 2.25 bits per heavy atom. The molecule has 1 atom stereocenters. The van der Waals surface area contributed by atoms with E-state index >= 15 is 0 Å². The summed E-state index contributed by atoms with van der Waals surface area (Å²) in [5, 5.41) is 2.84. The lowest BCUT2D eigenvalue weighted by atomic mass is 9.95. The summed E-state index contributed by atoms with van der Waals surface area (Å²) in [6.07, 6.45) is 4.73. The maximum absolute atomic E-state index is 12.6. The predicted octanol–water partition coefficient (Wildman–Crippen LogP) is 1.75. The minimum Gasteiger partial charge on any atom is -0.358 e. The molecule has 2 fully saturated rings. The van der Waals surface area contributed by atoms with Crippen molar-refractivity contribution in [2.45, 2.75) is 31.7 Å². The Bertz CT molecular complexity index is 561. The van der Waals surface area contributed by atoms with Crippen molar-refractivity contribution < 1.29 is 9.59 Å². The monoisotopic (exact) mass is 329 g/mol. The van der Waals surface area contributed by atoms with E-state index in [4.69, 9.17) is 0 Å². The number of amides is 2. The van der Waals surface area contributed by atoms with Crippen LogP contribution < -0.4 is 5.32 Å². The third kappa shape index (κ3) is 3.61. The average Bonchev–Trinajstić information content (AvgIpc) is 3.16. The summed E-state index contributed by atoms with van der Waals surface area (Å²) in [6.45, 7) is 2.92. The standard InChI is InChI=1S/C19H27N3O2/c1-20-18(23)17(15-7-5-6-8-15)21-11-13-22(14-12-21)19(24)16-9-3-2-4-10-16/h2-4,9-10,15,17H,5-8,11-14H2,1H3,(H,20,23)/t17-/m1/s1. The molecule has 1 aliphatic heterocycles. The van der Waals surface area contributed by atoms with Crippen LogP contribution in [-0.2, 0) is 4.79 Å². The van der Waals surface area contributed by atoms with Crippen LogP contribution in [0.5, 0.6) is 0 Å². The lowest BCUT2D eigenvalue weighted by molar-refractivity contribution is -0.128. The molecule has 1 saturated heterocycles. The fraction of sp³-hybridized carbons (Fsp3) is 0.579. The van der Waals surface area contributed by atoms with Crippen LogP contribution in [0.1, 0.15) is 36.0 Å². The Morgan fingerprint density at radius 2 is 1.67 bits per heavy atom. The van der Waals surface area contributed by atoms with Crippen molar-refractivity contribution >= 4 is 11.8 Å². The molecule has 1 aromatic carbocycles. The second-order valence-corrected chi connectivity index (χ2v) is 6.80. The number of nitrogens with zero attached hydrogens (tertiary/aromatic N) is 2. The van der Waals surface area contributed by atoms with Gasteiger partial charge in [0, 0.05) is 38.8 Å². The minimum absolute atomic E-state index is 0.0357. The summed E-state index contributed by atoms with van der Waals surface area (Å²) < 4.78 is 0. The van der Waals surface area contributed by atoms with Crippen LogP contribution in [0.3, 0.4) is 0 Å². The molecule has 0 bridgehead atoms. The minimum atomic E-state index is -0.0357. The van der Waals surface area contributed by atoms with E-state index in [1.807, 2.05) is 35.2 Å². The van der Waals surface area contributed by atoms with Crippen LogP contribution in [0, 0.1) is 5.92 Å². The first-order valence-electron chi connectivity index (χ1n) is 9.00. The number of likely N-dealkylation sites (N-methyl/N-ethyl adjacent to an activating group) is 1. The van der Waals surface area contributed by atoms with Crippen molar-refractivity contribution in [2.75, 3.05) is 33.2 Å². The van der Waals surface area contributed by atoms with Crippen molar-refractivity contribution in [3.63, 3.8) is 0 Å². The molecule has 0 spiro atoms. The van der Waals surface area contributed by atoms with Gasteiger partial charge in [-0.1, -0.05) is 31.0 Å². The summed E-state index contributed by atoms with van der Waals surface area (Å²) in [6, 6.07) is 9.40. The highest BCUT2D eigenvalue weighted by Gasteiger charge is 2.36. The van der Waals surface area contributed by atoms with Crippen LogP contribution in [0.25, 0.3) is 0 Å². The van der Waals surface area contributed by atoms with E-state index in [-0.39, 0.29) is 17.9 Å². The van der Waals surface area contributed by atoms with Gasteiger partial charge in [-0.15, -0.1) is 0 Å². The molecule has 1 heterocycles. The maximum Gasteiger partial charge on any atom is 0.253 e. The fourth-order valence-electron chi connectivity index (χ4n) is 4.07. The first-order chi connectivity index (χ1) is 11.7. The van der Waals surface area contributed by atoms with Crippen LogP contribution in [0.4, 0.5) is 0 Å². The molecule has 1 aromatic rings. The highest BCUT2D eigenvalue weighted by molar-refractivity contribution is 5.94. The van der Waals surface area contributed by atoms with Gasteiger partial charge in [0.25, 0.3) is 5.91 Å². The van der Waals surface area contributed by atoms with Gasteiger partial charge in [-0.25, -0.2) is 0 Å².